The third kappa shape index (κ3) is 3.49. The van der Waals surface area contributed by atoms with Gasteiger partial charge in [-0.05, 0) is 31.1 Å². The maximum Gasteiger partial charge on any atom is 0.221 e. The Bertz CT molecular complexity index is 218. The Morgan fingerprint density at radius 3 is 2.60 bits per heavy atom. The summed E-state index contributed by atoms with van der Waals surface area (Å²) in [7, 11) is 0. The van der Waals surface area contributed by atoms with E-state index in [0.29, 0.717) is 18.4 Å². The van der Waals surface area contributed by atoms with Crippen LogP contribution in [0.3, 0.4) is 0 Å². The second kappa shape index (κ2) is 5.50. The fourth-order valence-corrected chi connectivity index (χ4v) is 2.22. The average molecular weight is 212 g/mol. The minimum absolute atomic E-state index is 0.0131. The van der Waals surface area contributed by atoms with Gasteiger partial charge >= 0.3 is 0 Å². The molecule has 1 fully saturated rings. The summed E-state index contributed by atoms with van der Waals surface area (Å²) in [5, 5.41) is 3.11. The molecule has 0 aromatic carbocycles. The summed E-state index contributed by atoms with van der Waals surface area (Å²) in [4.78, 5) is 11.6. The SMILES string of the molecule is CCC(N)CC(=O)NC1CCC(C)C1C. The normalized spacial score (nSPS) is 32.7. The van der Waals surface area contributed by atoms with E-state index in [1.54, 1.807) is 0 Å². The fourth-order valence-electron chi connectivity index (χ4n) is 2.22. The van der Waals surface area contributed by atoms with Crippen molar-refractivity contribution in [3.05, 3.63) is 0 Å². The van der Waals surface area contributed by atoms with Gasteiger partial charge in [-0.2, -0.15) is 0 Å². The highest BCUT2D eigenvalue weighted by molar-refractivity contribution is 5.76. The molecule has 0 aromatic rings. The first-order valence-electron chi connectivity index (χ1n) is 6.09. The lowest BCUT2D eigenvalue weighted by Crippen LogP contribution is -2.40. The molecule has 0 bridgehead atoms. The zero-order valence-corrected chi connectivity index (χ0v) is 10.1. The molecule has 4 atom stereocenters. The second-order valence-electron chi connectivity index (χ2n) is 4.96. The van der Waals surface area contributed by atoms with E-state index in [2.05, 4.69) is 19.2 Å². The van der Waals surface area contributed by atoms with Crippen molar-refractivity contribution in [2.45, 2.75) is 58.5 Å². The van der Waals surface area contributed by atoms with Crippen LogP contribution in [-0.2, 0) is 4.79 Å². The maximum atomic E-state index is 11.6. The quantitative estimate of drug-likeness (QED) is 0.744. The summed E-state index contributed by atoms with van der Waals surface area (Å²) in [5.41, 5.74) is 5.75. The molecule has 3 nitrogen and oxygen atoms in total. The summed E-state index contributed by atoms with van der Waals surface area (Å²) >= 11 is 0. The van der Waals surface area contributed by atoms with Gasteiger partial charge in [0.15, 0.2) is 0 Å². The number of rotatable bonds is 4. The second-order valence-corrected chi connectivity index (χ2v) is 4.96. The van der Waals surface area contributed by atoms with Crippen molar-refractivity contribution in [1.82, 2.24) is 5.32 Å². The van der Waals surface area contributed by atoms with Crippen molar-refractivity contribution in [3.63, 3.8) is 0 Å². The van der Waals surface area contributed by atoms with Crippen LogP contribution in [-0.4, -0.2) is 18.0 Å². The van der Waals surface area contributed by atoms with E-state index < -0.39 is 0 Å². The lowest BCUT2D eigenvalue weighted by atomic mass is 9.97. The smallest absolute Gasteiger partial charge is 0.221 e. The van der Waals surface area contributed by atoms with Gasteiger partial charge in [-0.3, -0.25) is 4.79 Å². The highest BCUT2D eigenvalue weighted by Crippen LogP contribution is 2.31. The Morgan fingerprint density at radius 1 is 1.47 bits per heavy atom. The molecule has 3 heteroatoms. The number of nitrogens with one attached hydrogen (secondary N) is 1. The summed E-state index contributed by atoms with van der Waals surface area (Å²) in [5.74, 6) is 1.46. The molecule has 1 aliphatic rings. The molecule has 4 unspecified atom stereocenters. The van der Waals surface area contributed by atoms with Crippen LogP contribution >= 0.6 is 0 Å². The molecule has 0 aliphatic heterocycles. The topological polar surface area (TPSA) is 55.1 Å². The molecule has 88 valence electrons. The van der Waals surface area contributed by atoms with E-state index in [1.165, 1.54) is 6.42 Å². The highest BCUT2D eigenvalue weighted by Gasteiger charge is 2.30. The maximum absolute atomic E-state index is 11.6. The van der Waals surface area contributed by atoms with Gasteiger partial charge in [-0.15, -0.1) is 0 Å². The molecule has 0 spiro atoms. The van der Waals surface area contributed by atoms with Crippen LogP contribution in [0.5, 0.6) is 0 Å². The number of hydrogen-bond donors (Lipinski definition) is 2. The Kier molecular flexibility index (Phi) is 4.58. The van der Waals surface area contributed by atoms with Crippen LogP contribution in [0, 0.1) is 11.8 Å². The van der Waals surface area contributed by atoms with Crippen molar-refractivity contribution >= 4 is 5.91 Å². The average Bonchev–Trinajstić information content (AvgIpc) is 2.49. The van der Waals surface area contributed by atoms with Crippen molar-refractivity contribution in [2.75, 3.05) is 0 Å². The predicted molar refractivity (Wildman–Crippen MR) is 62.4 cm³/mol. The molecule has 0 saturated heterocycles. The molecule has 15 heavy (non-hydrogen) atoms. The molecular weight excluding hydrogens is 188 g/mol. The molecule has 1 saturated carbocycles. The standard InChI is InChI=1S/C12H24N2O/c1-4-10(13)7-12(15)14-11-6-5-8(2)9(11)3/h8-11H,4-7,13H2,1-3H3,(H,14,15). The molecular formula is C12H24N2O. The van der Waals surface area contributed by atoms with Crippen molar-refractivity contribution in [2.24, 2.45) is 17.6 Å². The summed E-state index contributed by atoms with van der Waals surface area (Å²) in [6.07, 6.45) is 3.68. The van der Waals surface area contributed by atoms with Crippen molar-refractivity contribution in [3.8, 4) is 0 Å². The molecule has 0 radical (unpaired) electrons. The van der Waals surface area contributed by atoms with Crippen LogP contribution in [0.2, 0.25) is 0 Å². The Hall–Kier alpha value is -0.570. The van der Waals surface area contributed by atoms with Gasteiger partial charge in [0.05, 0.1) is 0 Å². The van der Waals surface area contributed by atoms with E-state index in [-0.39, 0.29) is 11.9 Å². The molecule has 0 aromatic heterocycles. The zero-order chi connectivity index (χ0) is 11.4. The largest absolute Gasteiger partial charge is 0.353 e. The van der Waals surface area contributed by atoms with Gasteiger partial charge in [-0.25, -0.2) is 0 Å². The first kappa shape index (κ1) is 12.5. The van der Waals surface area contributed by atoms with Crippen LogP contribution in [0.4, 0.5) is 0 Å². The van der Waals surface area contributed by atoms with Gasteiger partial charge < -0.3 is 11.1 Å². The molecule has 1 aliphatic carbocycles. The number of hydrogen-bond acceptors (Lipinski definition) is 2. The first-order chi connectivity index (χ1) is 7.04. The van der Waals surface area contributed by atoms with E-state index in [9.17, 15) is 4.79 Å². The minimum Gasteiger partial charge on any atom is -0.353 e. The summed E-state index contributed by atoms with van der Waals surface area (Å²) in [6.45, 7) is 6.50. The number of carbonyl (C=O) groups is 1. The molecule has 1 amide bonds. The zero-order valence-electron chi connectivity index (χ0n) is 10.1. The molecule has 3 N–H and O–H groups in total. The van der Waals surface area contributed by atoms with E-state index in [1.807, 2.05) is 6.92 Å². The van der Waals surface area contributed by atoms with Crippen LogP contribution in [0.1, 0.15) is 46.5 Å². The van der Waals surface area contributed by atoms with Crippen LogP contribution < -0.4 is 11.1 Å². The highest BCUT2D eigenvalue weighted by atomic mass is 16.1. The Morgan fingerprint density at radius 2 is 2.13 bits per heavy atom. The number of nitrogens with two attached hydrogens (primary N) is 1. The fraction of sp³-hybridized carbons (Fsp3) is 0.917. The summed E-state index contributed by atoms with van der Waals surface area (Å²) < 4.78 is 0. The van der Waals surface area contributed by atoms with Gasteiger partial charge in [0, 0.05) is 18.5 Å². The van der Waals surface area contributed by atoms with Crippen molar-refractivity contribution in [1.29, 1.82) is 0 Å². The Labute approximate surface area is 92.8 Å². The van der Waals surface area contributed by atoms with E-state index in [0.717, 1.165) is 18.8 Å². The number of amides is 1. The Balaban J connectivity index is 2.32. The predicted octanol–water partition coefficient (Wildman–Crippen LogP) is 1.66. The lowest BCUT2D eigenvalue weighted by molar-refractivity contribution is -0.122. The van der Waals surface area contributed by atoms with E-state index >= 15 is 0 Å². The van der Waals surface area contributed by atoms with Crippen molar-refractivity contribution < 1.29 is 4.79 Å². The molecule has 1 rings (SSSR count). The summed E-state index contributed by atoms with van der Waals surface area (Å²) in [6, 6.07) is 0.385. The van der Waals surface area contributed by atoms with Crippen LogP contribution in [0.15, 0.2) is 0 Å². The van der Waals surface area contributed by atoms with Gasteiger partial charge in [0.1, 0.15) is 0 Å². The van der Waals surface area contributed by atoms with Gasteiger partial charge in [0.25, 0.3) is 0 Å². The minimum atomic E-state index is 0.0131. The number of carbonyl (C=O) groups excluding carboxylic acids is 1. The molecule has 0 heterocycles. The van der Waals surface area contributed by atoms with E-state index in [4.69, 9.17) is 5.73 Å². The first-order valence-corrected chi connectivity index (χ1v) is 6.09. The monoisotopic (exact) mass is 212 g/mol. The van der Waals surface area contributed by atoms with Gasteiger partial charge in [-0.1, -0.05) is 20.8 Å². The third-order valence-corrected chi connectivity index (χ3v) is 3.78. The van der Waals surface area contributed by atoms with Crippen LogP contribution in [0.25, 0.3) is 0 Å². The lowest BCUT2D eigenvalue weighted by Gasteiger charge is -2.20. The third-order valence-electron chi connectivity index (χ3n) is 3.78. The van der Waals surface area contributed by atoms with Gasteiger partial charge in [0.2, 0.25) is 5.91 Å².